The number of anilines is 2. The Bertz CT molecular complexity index is 864. The van der Waals surface area contributed by atoms with Gasteiger partial charge in [0.2, 0.25) is 5.91 Å². The normalized spacial score (nSPS) is 16.6. The van der Waals surface area contributed by atoms with E-state index >= 15 is 0 Å². The molecule has 5 nitrogen and oxygen atoms in total. The van der Waals surface area contributed by atoms with Crippen molar-refractivity contribution in [3.8, 4) is 5.75 Å². The van der Waals surface area contributed by atoms with E-state index in [4.69, 9.17) is 4.74 Å². The standard InChI is InChI=1S/C22H24N2O3S/c25-21(13-14-24-18-10-4-5-11-19(18)27-15-22(24)26)23-17-9-3-6-12-20(17)28-16-7-1-2-8-16/h3-6,9-12,16H,1-2,7-8,13-15H2,(H,23,25). The lowest BCUT2D eigenvalue weighted by atomic mass is 10.2. The summed E-state index contributed by atoms with van der Waals surface area (Å²) in [6, 6.07) is 15.4. The molecule has 1 heterocycles. The van der Waals surface area contributed by atoms with Crippen LogP contribution >= 0.6 is 11.8 Å². The minimum atomic E-state index is -0.122. The summed E-state index contributed by atoms with van der Waals surface area (Å²) in [5.74, 6) is 0.473. The zero-order valence-corrected chi connectivity index (χ0v) is 16.5. The SMILES string of the molecule is O=C(CCN1C(=O)COc2ccccc21)Nc1ccccc1SC1CCCC1. The zero-order valence-electron chi connectivity index (χ0n) is 15.7. The molecule has 2 amide bonds. The lowest BCUT2D eigenvalue weighted by Gasteiger charge is -2.29. The summed E-state index contributed by atoms with van der Waals surface area (Å²) >= 11 is 1.86. The zero-order chi connectivity index (χ0) is 19.3. The molecular formula is C22H24N2O3S. The van der Waals surface area contributed by atoms with E-state index in [1.54, 1.807) is 4.90 Å². The van der Waals surface area contributed by atoms with Gasteiger partial charge in [0.05, 0.1) is 11.4 Å². The van der Waals surface area contributed by atoms with Gasteiger partial charge in [-0.2, -0.15) is 0 Å². The molecule has 0 aromatic heterocycles. The van der Waals surface area contributed by atoms with Crippen molar-refractivity contribution >= 4 is 35.0 Å². The summed E-state index contributed by atoms with van der Waals surface area (Å²) in [6.45, 7) is 0.350. The predicted octanol–water partition coefficient (Wildman–Crippen LogP) is 4.48. The number of thioether (sulfide) groups is 1. The van der Waals surface area contributed by atoms with Gasteiger partial charge in [-0.1, -0.05) is 37.1 Å². The number of hydrogen-bond acceptors (Lipinski definition) is 4. The molecule has 0 atom stereocenters. The molecule has 2 aromatic carbocycles. The van der Waals surface area contributed by atoms with Gasteiger partial charge in [-0.25, -0.2) is 0 Å². The average Bonchev–Trinajstić information content (AvgIpc) is 3.22. The maximum Gasteiger partial charge on any atom is 0.265 e. The highest BCUT2D eigenvalue weighted by atomic mass is 32.2. The van der Waals surface area contributed by atoms with Crippen molar-refractivity contribution in [1.29, 1.82) is 0 Å². The van der Waals surface area contributed by atoms with Gasteiger partial charge in [0.1, 0.15) is 5.75 Å². The van der Waals surface area contributed by atoms with Crippen LogP contribution in [0.4, 0.5) is 11.4 Å². The summed E-state index contributed by atoms with van der Waals surface area (Å²) < 4.78 is 5.45. The van der Waals surface area contributed by atoms with Crippen LogP contribution in [0.3, 0.4) is 0 Å². The van der Waals surface area contributed by atoms with Crippen molar-refractivity contribution in [3.63, 3.8) is 0 Å². The first-order valence-electron chi connectivity index (χ1n) is 9.78. The van der Waals surface area contributed by atoms with Crippen LogP contribution in [0.5, 0.6) is 5.75 Å². The molecule has 4 rings (SSSR count). The smallest absolute Gasteiger partial charge is 0.265 e. The summed E-state index contributed by atoms with van der Waals surface area (Å²) in [6.07, 6.45) is 5.31. The largest absolute Gasteiger partial charge is 0.482 e. The van der Waals surface area contributed by atoms with E-state index in [1.807, 2.05) is 54.2 Å². The summed E-state index contributed by atoms with van der Waals surface area (Å²) in [4.78, 5) is 27.6. The van der Waals surface area contributed by atoms with Crippen LogP contribution in [-0.2, 0) is 9.59 Å². The fourth-order valence-electron chi connectivity index (χ4n) is 3.68. The van der Waals surface area contributed by atoms with Crippen molar-refractivity contribution in [3.05, 3.63) is 48.5 Å². The molecule has 0 saturated heterocycles. The quantitative estimate of drug-likeness (QED) is 0.782. The molecule has 0 bridgehead atoms. The molecular weight excluding hydrogens is 372 g/mol. The second-order valence-electron chi connectivity index (χ2n) is 7.12. The number of ether oxygens (including phenoxy) is 1. The molecule has 28 heavy (non-hydrogen) atoms. The lowest BCUT2D eigenvalue weighted by molar-refractivity contribution is -0.121. The summed E-state index contributed by atoms with van der Waals surface area (Å²) in [7, 11) is 0. The minimum Gasteiger partial charge on any atom is -0.482 e. The number of hydrogen-bond donors (Lipinski definition) is 1. The van der Waals surface area contributed by atoms with Gasteiger partial charge in [-0.15, -0.1) is 11.8 Å². The summed E-state index contributed by atoms with van der Waals surface area (Å²) in [5.41, 5.74) is 1.59. The van der Waals surface area contributed by atoms with Crippen molar-refractivity contribution in [2.75, 3.05) is 23.4 Å². The van der Waals surface area contributed by atoms with Crippen LogP contribution in [0.25, 0.3) is 0 Å². The second-order valence-corrected chi connectivity index (χ2v) is 8.46. The fourth-order valence-corrected chi connectivity index (χ4v) is 5.01. The number of rotatable bonds is 6. The Morgan fingerprint density at radius 1 is 1.11 bits per heavy atom. The Kier molecular flexibility index (Phi) is 5.86. The second kappa shape index (κ2) is 8.69. The Labute approximate surface area is 169 Å². The molecule has 2 aromatic rings. The third-order valence-corrected chi connectivity index (χ3v) is 6.54. The Hall–Kier alpha value is -2.47. The van der Waals surface area contributed by atoms with Crippen molar-refractivity contribution in [2.45, 2.75) is 42.2 Å². The highest BCUT2D eigenvalue weighted by Crippen LogP contribution is 2.38. The van der Waals surface area contributed by atoms with Gasteiger partial charge in [-0.05, 0) is 37.1 Å². The molecule has 1 aliphatic carbocycles. The monoisotopic (exact) mass is 396 g/mol. The van der Waals surface area contributed by atoms with E-state index in [1.165, 1.54) is 25.7 Å². The maximum absolute atomic E-state index is 12.6. The van der Waals surface area contributed by atoms with Crippen molar-refractivity contribution in [1.82, 2.24) is 0 Å². The van der Waals surface area contributed by atoms with Crippen LogP contribution in [0.15, 0.2) is 53.4 Å². The first kappa shape index (κ1) is 18.9. The number of benzene rings is 2. The van der Waals surface area contributed by atoms with E-state index in [-0.39, 0.29) is 24.8 Å². The highest BCUT2D eigenvalue weighted by molar-refractivity contribution is 8.00. The third-order valence-electron chi connectivity index (χ3n) is 5.13. The number of para-hydroxylation sites is 3. The van der Waals surface area contributed by atoms with Gasteiger partial charge in [0.15, 0.2) is 6.61 Å². The molecule has 0 spiro atoms. The molecule has 1 N–H and O–H groups in total. The van der Waals surface area contributed by atoms with E-state index < -0.39 is 0 Å². The molecule has 1 aliphatic heterocycles. The van der Waals surface area contributed by atoms with Crippen LogP contribution < -0.4 is 15.0 Å². The molecule has 6 heteroatoms. The topological polar surface area (TPSA) is 58.6 Å². The number of carbonyl (C=O) groups is 2. The van der Waals surface area contributed by atoms with E-state index in [2.05, 4.69) is 11.4 Å². The van der Waals surface area contributed by atoms with Crippen molar-refractivity contribution in [2.24, 2.45) is 0 Å². The molecule has 146 valence electrons. The number of nitrogens with one attached hydrogen (secondary N) is 1. The van der Waals surface area contributed by atoms with Gasteiger partial charge < -0.3 is 15.0 Å². The van der Waals surface area contributed by atoms with Gasteiger partial charge in [0, 0.05) is 23.1 Å². The van der Waals surface area contributed by atoms with Crippen LogP contribution in [0, 0.1) is 0 Å². The molecule has 1 fully saturated rings. The lowest BCUT2D eigenvalue weighted by Crippen LogP contribution is -2.40. The van der Waals surface area contributed by atoms with Crippen LogP contribution in [0.2, 0.25) is 0 Å². The fraction of sp³-hybridized carbons (Fsp3) is 0.364. The number of amides is 2. The van der Waals surface area contributed by atoms with Crippen molar-refractivity contribution < 1.29 is 14.3 Å². The van der Waals surface area contributed by atoms with Gasteiger partial charge in [-0.3, -0.25) is 9.59 Å². The molecule has 0 radical (unpaired) electrons. The molecule has 2 aliphatic rings. The Morgan fingerprint density at radius 3 is 2.71 bits per heavy atom. The van der Waals surface area contributed by atoms with Gasteiger partial charge in [0.25, 0.3) is 5.91 Å². The number of fused-ring (bicyclic) bond motifs is 1. The van der Waals surface area contributed by atoms with E-state index in [0.29, 0.717) is 17.5 Å². The average molecular weight is 397 g/mol. The minimum absolute atomic E-state index is 0.0134. The number of carbonyl (C=O) groups excluding carboxylic acids is 2. The molecule has 1 saturated carbocycles. The Balaban J connectivity index is 1.38. The molecule has 0 unspecified atom stereocenters. The maximum atomic E-state index is 12.6. The van der Waals surface area contributed by atoms with E-state index in [0.717, 1.165) is 16.3 Å². The number of nitrogens with zero attached hydrogens (tertiary/aromatic N) is 1. The van der Waals surface area contributed by atoms with Gasteiger partial charge >= 0.3 is 0 Å². The predicted molar refractivity (Wildman–Crippen MR) is 112 cm³/mol. The first-order valence-corrected chi connectivity index (χ1v) is 10.7. The Morgan fingerprint density at radius 2 is 1.86 bits per heavy atom. The highest BCUT2D eigenvalue weighted by Gasteiger charge is 2.25. The van der Waals surface area contributed by atoms with Crippen LogP contribution in [-0.4, -0.2) is 30.2 Å². The van der Waals surface area contributed by atoms with Crippen LogP contribution in [0.1, 0.15) is 32.1 Å². The summed E-state index contributed by atoms with van der Waals surface area (Å²) in [5, 5.41) is 3.67. The first-order chi connectivity index (χ1) is 13.7. The third kappa shape index (κ3) is 4.33. The van der Waals surface area contributed by atoms with E-state index in [9.17, 15) is 9.59 Å².